The number of fused-ring (bicyclic) bond motifs is 4. The third kappa shape index (κ3) is 13.8. The van der Waals surface area contributed by atoms with Crippen LogP contribution in [0.15, 0.2) is 95.2 Å². The molecule has 0 bridgehead atoms. The zero-order valence-corrected chi connectivity index (χ0v) is 48.4. The minimum absolute atomic E-state index is 0.0221. The summed E-state index contributed by atoms with van der Waals surface area (Å²) in [6, 6.07) is 21.4. The molecule has 6 amide bonds. The maximum absolute atomic E-state index is 13.6. The Hall–Kier alpha value is -8.41. The predicted molar refractivity (Wildman–Crippen MR) is 315 cm³/mol. The van der Waals surface area contributed by atoms with Crippen molar-refractivity contribution >= 4 is 81.9 Å². The smallest absolute Gasteiger partial charge is 0.260 e. The van der Waals surface area contributed by atoms with Crippen molar-refractivity contribution in [2.24, 2.45) is 27.7 Å². The zero-order chi connectivity index (χ0) is 58.8. The Morgan fingerprint density at radius 3 is 1.85 bits per heavy atom. The van der Waals surface area contributed by atoms with Crippen molar-refractivity contribution in [3.63, 3.8) is 0 Å². The number of likely N-dealkylation sites (tertiary alicyclic amines) is 1. The molecule has 5 heterocycles. The second-order valence-corrected chi connectivity index (χ2v) is 21.7. The first-order valence-electron chi connectivity index (χ1n) is 28.4. The number of imide groups is 1. The van der Waals surface area contributed by atoms with Gasteiger partial charge in [-0.3, -0.25) is 48.4 Å². The van der Waals surface area contributed by atoms with E-state index in [2.05, 4.69) is 27.5 Å². The molecule has 5 aliphatic heterocycles. The maximum atomic E-state index is 13.6. The fraction of sp³-hybridized carbons (Fsp3) is 0.422. The van der Waals surface area contributed by atoms with Gasteiger partial charge >= 0.3 is 0 Å². The molecule has 18 heteroatoms. The van der Waals surface area contributed by atoms with E-state index in [-0.39, 0.29) is 84.4 Å². The number of amides is 6. The maximum Gasteiger partial charge on any atom is 0.260 e. The van der Waals surface area contributed by atoms with Gasteiger partial charge in [0.15, 0.2) is 17.3 Å². The predicted octanol–water partition coefficient (Wildman–Crippen LogP) is 10.5. The molecular formula is C64H75N7O11. The molecule has 0 aliphatic carbocycles. The van der Waals surface area contributed by atoms with E-state index in [9.17, 15) is 33.6 Å². The normalized spacial score (nSPS) is 18.5. The molecule has 0 radical (unpaired) electrons. The fourth-order valence-corrected chi connectivity index (χ4v) is 10.6. The van der Waals surface area contributed by atoms with Crippen molar-refractivity contribution in [2.45, 2.75) is 124 Å². The Balaban J connectivity index is 0.000000262. The average molecular weight is 1120 g/mol. The van der Waals surface area contributed by atoms with E-state index in [1.54, 1.807) is 61.2 Å². The van der Waals surface area contributed by atoms with Crippen LogP contribution in [-0.4, -0.2) is 120 Å². The number of nitrogens with zero attached hydrogens (tertiary/aromatic N) is 5. The number of hydrogen-bond acceptors (Lipinski definition) is 13. The first-order chi connectivity index (χ1) is 39.4. The van der Waals surface area contributed by atoms with Crippen LogP contribution in [0.2, 0.25) is 0 Å². The summed E-state index contributed by atoms with van der Waals surface area (Å²) in [4.78, 5) is 104. The molecule has 2 N–H and O–H groups in total. The lowest BCUT2D eigenvalue weighted by molar-refractivity contribution is -0.139. The van der Waals surface area contributed by atoms with Crippen LogP contribution >= 0.6 is 0 Å². The van der Waals surface area contributed by atoms with E-state index in [0.29, 0.717) is 85.1 Å². The van der Waals surface area contributed by atoms with Gasteiger partial charge in [-0.15, -0.1) is 0 Å². The Morgan fingerprint density at radius 2 is 1.30 bits per heavy atom. The molecule has 1 saturated heterocycles. The minimum Gasteiger partial charge on any atom is -0.497 e. The molecule has 4 aromatic rings. The van der Waals surface area contributed by atoms with Crippen LogP contribution in [0.4, 0.5) is 17.1 Å². The molecule has 0 spiro atoms. The lowest BCUT2D eigenvalue weighted by Gasteiger charge is -2.23. The van der Waals surface area contributed by atoms with Crippen LogP contribution in [0.5, 0.6) is 23.0 Å². The Labute approximate surface area is 480 Å². The number of aliphatic imine (C=N–C) groups is 2. The highest BCUT2D eigenvalue weighted by atomic mass is 16.5. The first-order valence-corrected chi connectivity index (χ1v) is 28.4. The van der Waals surface area contributed by atoms with Crippen LogP contribution in [-0.2, 0) is 24.0 Å². The number of carbonyl (C=O) groups is 7. The topological polar surface area (TPSA) is 215 Å². The monoisotopic (exact) mass is 1120 g/mol. The number of benzene rings is 4. The summed E-state index contributed by atoms with van der Waals surface area (Å²) in [5.74, 6) is 0.272. The van der Waals surface area contributed by atoms with Gasteiger partial charge in [0.05, 0.1) is 68.1 Å². The lowest BCUT2D eigenvalue weighted by atomic mass is 9.92. The Morgan fingerprint density at radius 1 is 0.707 bits per heavy atom. The number of hydrogen-bond donors (Lipinski definition) is 2. The molecule has 5 atom stereocenters. The molecule has 1 unspecified atom stereocenters. The van der Waals surface area contributed by atoms with Crippen molar-refractivity contribution in [2.75, 3.05) is 39.3 Å². The minimum atomic E-state index is -0.725. The van der Waals surface area contributed by atoms with Gasteiger partial charge in [0.2, 0.25) is 23.6 Å². The summed E-state index contributed by atoms with van der Waals surface area (Å²) in [5.41, 5.74) is 7.83. The van der Waals surface area contributed by atoms with Gasteiger partial charge in [-0.25, -0.2) is 0 Å². The van der Waals surface area contributed by atoms with E-state index >= 15 is 0 Å². The molecule has 0 aromatic heterocycles. The number of rotatable bonds is 22. The number of aryl methyl sites for hydroxylation is 1. The van der Waals surface area contributed by atoms with E-state index in [1.165, 1.54) is 12.0 Å². The zero-order valence-electron chi connectivity index (χ0n) is 48.4. The van der Waals surface area contributed by atoms with E-state index in [0.717, 1.165) is 52.2 Å². The number of carbonyl (C=O) groups excluding carboxylic acids is 7. The van der Waals surface area contributed by atoms with Crippen LogP contribution < -0.4 is 29.6 Å². The molecule has 1 fully saturated rings. The third-order valence-corrected chi connectivity index (χ3v) is 15.2. The number of ether oxygens (including phenoxy) is 4. The standard InChI is InChI=1S/C41H51N5O8.C23H24N2O3/c1-7-54-35-21-32-31(20-34(35)53-6)41(52)46-23-28(19-30(46)22-42-32)27-12-14-29(15-13-27)43-39(50)25(4)17-33(47)38(24(2)3)44-36(48)11-9-8-10-16-45-37(49)18-26(5)40(45)51;1-4-9-28-22-12-21-20(10-15(22)2)23(26)25-14-17(11-18(25)13-24-21)16-5-7-19(27-3)8-6-16/h12-15,20-26,30,38H,7-11,16-19H2,1-6H3,(H,43,50)(H,44,48);5-8,10,12-14,18H,4,9,11H2,1-3H3/t25-,26?,30+,38+;18-/m10/s1. The van der Waals surface area contributed by atoms with Crippen molar-refractivity contribution in [3.05, 3.63) is 113 Å². The summed E-state index contributed by atoms with van der Waals surface area (Å²) in [5, 5.41) is 5.74. The van der Waals surface area contributed by atoms with Crippen molar-refractivity contribution in [1.82, 2.24) is 20.0 Å². The van der Waals surface area contributed by atoms with Crippen LogP contribution in [0.3, 0.4) is 0 Å². The largest absolute Gasteiger partial charge is 0.497 e. The molecule has 4 aromatic carbocycles. The third-order valence-electron chi connectivity index (χ3n) is 15.2. The lowest BCUT2D eigenvalue weighted by Crippen LogP contribution is -2.45. The van der Waals surface area contributed by atoms with E-state index < -0.39 is 12.0 Å². The van der Waals surface area contributed by atoms with Gasteiger partial charge in [-0.05, 0) is 103 Å². The van der Waals surface area contributed by atoms with Gasteiger partial charge in [-0.2, -0.15) is 0 Å². The quantitative estimate of drug-likeness (QED) is 0.0558. The van der Waals surface area contributed by atoms with Crippen LogP contribution in [0.1, 0.15) is 137 Å². The highest BCUT2D eigenvalue weighted by Gasteiger charge is 2.37. The molecule has 0 saturated carbocycles. The second kappa shape index (κ2) is 26.9. The molecule has 5 aliphatic rings. The summed E-state index contributed by atoms with van der Waals surface area (Å²) in [6.07, 6.45) is 12.0. The van der Waals surface area contributed by atoms with Crippen LogP contribution in [0, 0.1) is 24.7 Å². The number of nitrogens with one attached hydrogen (secondary N) is 2. The highest BCUT2D eigenvalue weighted by molar-refractivity contribution is 6.07. The van der Waals surface area contributed by atoms with Gasteiger partial charge in [-0.1, -0.05) is 65.3 Å². The fourth-order valence-electron chi connectivity index (χ4n) is 10.6. The highest BCUT2D eigenvalue weighted by Crippen LogP contribution is 2.41. The molecule has 432 valence electrons. The Bertz CT molecular complexity index is 3200. The van der Waals surface area contributed by atoms with Crippen molar-refractivity contribution < 1.29 is 52.5 Å². The SMILES string of the molecule is CCCOc1cc2c(cc1C)C(=O)N1C=C(c3ccc(OC)cc3)C[C@H]1C=N2.CCOc1cc2c(cc1OC)C(=O)N1C=C(c3ccc(NC(=O)[C@H](C)CC(=O)[C@@H](NC(=O)CCCCCN4C(=O)CC(C)C4=O)C(C)C)cc3)C[C@H]1C=N2. The first kappa shape index (κ1) is 59.7. The summed E-state index contributed by atoms with van der Waals surface area (Å²) in [6.45, 7) is 14.5. The van der Waals surface area contributed by atoms with Crippen LogP contribution in [0.25, 0.3) is 11.1 Å². The van der Waals surface area contributed by atoms with Gasteiger partial charge in [0.1, 0.15) is 11.5 Å². The van der Waals surface area contributed by atoms with Crippen molar-refractivity contribution in [1.29, 1.82) is 0 Å². The average Bonchev–Trinajstić information content (AvgIpc) is 3.76. The van der Waals surface area contributed by atoms with E-state index in [1.807, 2.05) is 94.8 Å². The molecule has 82 heavy (non-hydrogen) atoms. The second-order valence-electron chi connectivity index (χ2n) is 21.7. The molecular weight excluding hydrogens is 1040 g/mol. The number of unbranched alkanes of at least 4 members (excludes halogenated alkanes) is 2. The van der Waals surface area contributed by atoms with Gasteiger partial charge in [0, 0.05) is 93.1 Å². The van der Waals surface area contributed by atoms with Gasteiger partial charge < -0.3 is 39.4 Å². The van der Waals surface area contributed by atoms with E-state index in [4.69, 9.17) is 18.9 Å². The summed E-state index contributed by atoms with van der Waals surface area (Å²) in [7, 11) is 3.18. The molecule has 18 nitrogen and oxygen atoms in total. The number of anilines is 1. The number of Topliss-reactive ketones (excluding diaryl/α,β-unsaturated/α-hetero) is 1. The molecule has 9 rings (SSSR count). The van der Waals surface area contributed by atoms with Crippen molar-refractivity contribution in [3.8, 4) is 23.0 Å². The number of methoxy groups -OCH3 is 2. The summed E-state index contributed by atoms with van der Waals surface area (Å²) >= 11 is 0. The van der Waals surface area contributed by atoms with Gasteiger partial charge in [0.25, 0.3) is 11.8 Å². The Kier molecular flexibility index (Phi) is 19.6. The number of ketones is 1. The summed E-state index contributed by atoms with van der Waals surface area (Å²) < 4.78 is 22.1.